The first-order valence-corrected chi connectivity index (χ1v) is 9.60. The largest absolute Gasteiger partial charge is 0.350 e. The SMILES string of the molecule is Cc1ccc(C)c(NS(=O)(=O)c2cc(C(=O)NC(C)C)ccc2C)c1. The second kappa shape index (κ2) is 7.27. The van der Waals surface area contributed by atoms with Crippen LogP contribution in [0.5, 0.6) is 0 Å². The summed E-state index contributed by atoms with van der Waals surface area (Å²) in [7, 11) is -3.80. The number of hydrogen-bond acceptors (Lipinski definition) is 3. The standard InChI is InChI=1S/C19H24N2O3S/c1-12(2)20-19(22)16-9-8-15(5)18(11-16)25(23,24)21-17-10-13(3)6-7-14(17)4/h6-12,21H,1-5H3,(H,20,22). The number of aryl methyl sites for hydroxylation is 3. The van der Waals surface area contributed by atoms with Gasteiger partial charge in [-0.2, -0.15) is 0 Å². The van der Waals surface area contributed by atoms with Crippen molar-refractivity contribution in [3.05, 3.63) is 58.7 Å². The summed E-state index contributed by atoms with van der Waals surface area (Å²) in [6, 6.07) is 10.2. The fourth-order valence-corrected chi connectivity index (χ4v) is 3.82. The molecule has 0 bridgehead atoms. The molecule has 2 aromatic rings. The van der Waals surface area contributed by atoms with Crippen LogP contribution < -0.4 is 10.0 Å². The zero-order valence-corrected chi connectivity index (χ0v) is 16.0. The third-order valence-corrected chi connectivity index (χ3v) is 5.30. The lowest BCUT2D eigenvalue weighted by molar-refractivity contribution is 0.0943. The number of rotatable bonds is 5. The van der Waals surface area contributed by atoms with Crippen molar-refractivity contribution in [2.45, 2.75) is 45.6 Å². The van der Waals surface area contributed by atoms with E-state index in [0.29, 0.717) is 16.8 Å². The average Bonchev–Trinajstić information content (AvgIpc) is 2.50. The van der Waals surface area contributed by atoms with Crippen LogP contribution in [0.15, 0.2) is 41.3 Å². The highest BCUT2D eigenvalue weighted by molar-refractivity contribution is 7.92. The maximum atomic E-state index is 12.8. The molecule has 0 atom stereocenters. The van der Waals surface area contributed by atoms with Crippen LogP contribution in [0.1, 0.15) is 40.9 Å². The van der Waals surface area contributed by atoms with Crippen molar-refractivity contribution >= 4 is 21.6 Å². The molecule has 2 rings (SSSR count). The molecule has 0 saturated heterocycles. The Balaban J connectivity index is 2.41. The Morgan fingerprint density at radius 3 is 2.24 bits per heavy atom. The minimum Gasteiger partial charge on any atom is -0.350 e. The normalized spacial score (nSPS) is 11.4. The third-order valence-electron chi connectivity index (χ3n) is 3.80. The molecule has 0 spiro atoms. The van der Waals surface area contributed by atoms with Crippen molar-refractivity contribution < 1.29 is 13.2 Å². The molecule has 0 radical (unpaired) electrons. The Morgan fingerprint density at radius 2 is 1.60 bits per heavy atom. The minimum atomic E-state index is -3.80. The molecule has 0 heterocycles. The van der Waals surface area contributed by atoms with Crippen LogP contribution in [0, 0.1) is 20.8 Å². The number of carbonyl (C=O) groups is 1. The maximum absolute atomic E-state index is 12.8. The molecule has 1 amide bonds. The van der Waals surface area contributed by atoms with Crippen LogP contribution in [0.2, 0.25) is 0 Å². The lowest BCUT2D eigenvalue weighted by atomic mass is 10.1. The number of amides is 1. The van der Waals surface area contributed by atoms with Crippen molar-refractivity contribution in [3.63, 3.8) is 0 Å². The molecule has 0 fully saturated rings. The molecule has 134 valence electrons. The monoisotopic (exact) mass is 360 g/mol. The Bertz CT molecular complexity index is 903. The fourth-order valence-electron chi connectivity index (χ4n) is 2.42. The van der Waals surface area contributed by atoms with E-state index in [-0.39, 0.29) is 16.8 Å². The van der Waals surface area contributed by atoms with Gasteiger partial charge in [-0.25, -0.2) is 8.42 Å². The number of anilines is 1. The summed E-state index contributed by atoms with van der Waals surface area (Å²) in [6.45, 7) is 9.16. The van der Waals surface area contributed by atoms with E-state index in [1.165, 1.54) is 6.07 Å². The molecular weight excluding hydrogens is 336 g/mol. The molecule has 0 aromatic heterocycles. The smallest absolute Gasteiger partial charge is 0.262 e. The molecule has 25 heavy (non-hydrogen) atoms. The van der Waals surface area contributed by atoms with E-state index >= 15 is 0 Å². The van der Waals surface area contributed by atoms with Gasteiger partial charge in [0.05, 0.1) is 10.6 Å². The predicted molar refractivity (Wildman–Crippen MR) is 101 cm³/mol. The van der Waals surface area contributed by atoms with Crippen LogP contribution in [0.3, 0.4) is 0 Å². The third kappa shape index (κ3) is 4.60. The first-order valence-electron chi connectivity index (χ1n) is 8.12. The summed E-state index contributed by atoms with van der Waals surface area (Å²) in [6.07, 6.45) is 0. The van der Waals surface area contributed by atoms with Gasteiger partial charge in [0.25, 0.3) is 15.9 Å². The molecule has 6 heteroatoms. The maximum Gasteiger partial charge on any atom is 0.262 e. The highest BCUT2D eigenvalue weighted by atomic mass is 32.2. The summed E-state index contributed by atoms with van der Waals surface area (Å²) in [5.74, 6) is -0.293. The van der Waals surface area contributed by atoms with Crippen LogP contribution in [0.25, 0.3) is 0 Å². The number of benzene rings is 2. The first kappa shape index (κ1) is 19.0. The van der Waals surface area contributed by atoms with E-state index in [0.717, 1.165) is 11.1 Å². The van der Waals surface area contributed by atoms with Crippen LogP contribution in [-0.4, -0.2) is 20.4 Å². The Hall–Kier alpha value is -2.34. The number of hydrogen-bond donors (Lipinski definition) is 2. The second-order valence-electron chi connectivity index (χ2n) is 6.53. The van der Waals surface area contributed by atoms with Gasteiger partial charge in [0.2, 0.25) is 0 Å². The summed E-state index contributed by atoms with van der Waals surface area (Å²) in [4.78, 5) is 12.3. The van der Waals surface area contributed by atoms with Crippen molar-refractivity contribution in [1.29, 1.82) is 0 Å². The molecule has 0 aliphatic rings. The Labute approximate surface area is 149 Å². The zero-order chi connectivity index (χ0) is 18.8. The van der Waals surface area contributed by atoms with E-state index in [2.05, 4.69) is 10.0 Å². The Morgan fingerprint density at radius 1 is 0.960 bits per heavy atom. The van der Waals surface area contributed by atoms with E-state index in [4.69, 9.17) is 0 Å². The molecule has 0 aliphatic heterocycles. The van der Waals surface area contributed by atoms with E-state index in [1.807, 2.05) is 39.8 Å². The summed E-state index contributed by atoms with van der Waals surface area (Å²) < 4.78 is 28.3. The molecule has 0 aliphatic carbocycles. The van der Waals surface area contributed by atoms with Gasteiger partial charge in [0.15, 0.2) is 0 Å². The van der Waals surface area contributed by atoms with Gasteiger partial charge in [-0.1, -0.05) is 18.2 Å². The van der Waals surface area contributed by atoms with Gasteiger partial charge in [0.1, 0.15) is 0 Å². The fraction of sp³-hybridized carbons (Fsp3) is 0.316. The van der Waals surface area contributed by atoms with Gasteiger partial charge in [-0.3, -0.25) is 9.52 Å². The highest BCUT2D eigenvalue weighted by Crippen LogP contribution is 2.23. The number of nitrogens with one attached hydrogen (secondary N) is 2. The topological polar surface area (TPSA) is 75.3 Å². The quantitative estimate of drug-likeness (QED) is 0.856. The van der Waals surface area contributed by atoms with E-state index < -0.39 is 10.0 Å². The van der Waals surface area contributed by atoms with E-state index in [1.54, 1.807) is 25.1 Å². The lowest BCUT2D eigenvalue weighted by Gasteiger charge is -2.14. The lowest BCUT2D eigenvalue weighted by Crippen LogP contribution is -2.30. The molecule has 0 unspecified atom stereocenters. The van der Waals surface area contributed by atoms with Crippen LogP contribution in [-0.2, 0) is 10.0 Å². The van der Waals surface area contributed by atoms with Crippen LogP contribution in [0.4, 0.5) is 5.69 Å². The number of sulfonamides is 1. The predicted octanol–water partition coefficient (Wildman–Crippen LogP) is 3.55. The van der Waals surface area contributed by atoms with Crippen molar-refractivity contribution in [2.75, 3.05) is 4.72 Å². The van der Waals surface area contributed by atoms with Gasteiger partial charge in [-0.15, -0.1) is 0 Å². The first-order chi connectivity index (χ1) is 11.6. The van der Waals surface area contributed by atoms with Gasteiger partial charge >= 0.3 is 0 Å². The number of carbonyl (C=O) groups excluding carboxylic acids is 1. The second-order valence-corrected chi connectivity index (χ2v) is 8.18. The zero-order valence-electron chi connectivity index (χ0n) is 15.2. The summed E-state index contributed by atoms with van der Waals surface area (Å²) in [5, 5.41) is 2.77. The van der Waals surface area contributed by atoms with Gasteiger partial charge in [-0.05, 0) is 69.5 Å². The Kier molecular flexibility index (Phi) is 5.52. The van der Waals surface area contributed by atoms with Crippen molar-refractivity contribution in [3.8, 4) is 0 Å². The van der Waals surface area contributed by atoms with Crippen molar-refractivity contribution in [2.24, 2.45) is 0 Å². The minimum absolute atomic E-state index is 0.0260. The highest BCUT2D eigenvalue weighted by Gasteiger charge is 2.20. The van der Waals surface area contributed by atoms with Crippen molar-refractivity contribution in [1.82, 2.24) is 5.32 Å². The molecule has 5 nitrogen and oxygen atoms in total. The van der Waals surface area contributed by atoms with Gasteiger partial charge < -0.3 is 5.32 Å². The summed E-state index contributed by atoms with van der Waals surface area (Å²) >= 11 is 0. The summed E-state index contributed by atoms with van der Waals surface area (Å²) in [5.41, 5.74) is 3.24. The van der Waals surface area contributed by atoms with Gasteiger partial charge in [0, 0.05) is 11.6 Å². The van der Waals surface area contributed by atoms with Crippen LogP contribution >= 0.6 is 0 Å². The molecular formula is C19H24N2O3S. The van der Waals surface area contributed by atoms with E-state index in [9.17, 15) is 13.2 Å². The average molecular weight is 360 g/mol. The molecule has 2 aromatic carbocycles. The molecule has 0 saturated carbocycles. The molecule has 2 N–H and O–H groups in total.